The Morgan fingerprint density at radius 2 is 2.00 bits per heavy atom. The summed E-state index contributed by atoms with van der Waals surface area (Å²) in [6.45, 7) is 2.57. The molecule has 0 aliphatic rings. The third-order valence-corrected chi connectivity index (χ3v) is 4.15. The zero-order chi connectivity index (χ0) is 17.8. The van der Waals surface area contributed by atoms with Crippen LogP contribution in [-0.4, -0.2) is 27.7 Å². The summed E-state index contributed by atoms with van der Waals surface area (Å²) in [6.07, 6.45) is 1.69. The van der Waals surface area contributed by atoms with Crippen molar-refractivity contribution >= 4 is 41.6 Å². The summed E-state index contributed by atoms with van der Waals surface area (Å²) in [4.78, 5) is 0. The van der Waals surface area contributed by atoms with E-state index in [0.29, 0.717) is 32.8 Å². The van der Waals surface area contributed by atoms with Crippen LogP contribution >= 0.6 is 35.4 Å². The summed E-state index contributed by atoms with van der Waals surface area (Å²) in [5.74, 6) is 1.32. The van der Waals surface area contributed by atoms with Crippen LogP contribution in [0.15, 0.2) is 47.6 Å². The second kappa shape index (κ2) is 7.82. The van der Waals surface area contributed by atoms with Gasteiger partial charge in [0, 0.05) is 10.6 Å². The minimum absolute atomic E-state index is 0.364. The maximum absolute atomic E-state index is 6.26. The van der Waals surface area contributed by atoms with Crippen LogP contribution in [0.5, 0.6) is 5.75 Å². The molecule has 0 unspecified atom stereocenters. The lowest BCUT2D eigenvalue weighted by atomic mass is 10.2. The van der Waals surface area contributed by atoms with Crippen molar-refractivity contribution in [2.45, 2.75) is 6.92 Å². The molecule has 8 heteroatoms. The molecule has 1 aromatic heterocycles. The predicted octanol–water partition coefficient (Wildman–Crippen LogP) is 5.20. The molecule has 3 rings (SSSR count). The predicted molar refractivity (Wildman–Crippen MR) is 103 cm³/mol. The highest BCUT2D eigenvalue weighted by Gasteiger charge is 2.12. The average molecular weight is 393 g/mol. The van der Waals surface area contributed by atoms with E-state index in [1.807, 2.05) is 31.2 Å². The Labute approximate surface area is 159 Å². The van der Waals surface area contributed by atoms with Crippen molar-refractivity contribution in [1.29, 1.82) is 0 Å². The Balaban J connectivity index is 1.93. The molecule has 0 saturated heterocycles. The van der Waals surface area contributed by atoms with Crippen LogP contribution in [0.2, 0.25) is 10.0 Å². The Bertz CT molecular complexity index is 964. The summed E-state index contributed by atoms with van der Waals surface area (Å²) in [5, 5.41) is 12.4. The van der Waals surface area contributed by atoms with E-state index in [1.165, 1.54) is 4.68 Å². The van der Waals surface area contributed by atoms with Gasteiger partial charge in [0.15, 0.2) is 5.82 Å². The van der Waals surface area contributed by atoms with Crippen LogP contribution in [0.25, 0.3) is 11.4 Å². The maximum atomic E-state index is 6.26. The maximum Gasteiger partial charge on any atom is 0.216 e. The van der Waals surface area contributed by atoms with E-state index in [9.17, 15) is 0 Å². The number of halogens is 2. The van der Waals surface area contributed by atoms with E-state index in [2.05, 4.69) is 15.3 Å². The first kappa shape index (κ1) is 17.7. The van der Waals surface area contributed by atoms with Crippen LogP contribution in [-0.2, 0) is 0 Å². The summed E-state index contributed by atoms with van der Waals surface area (Å²) >= 11 is 17.5. The number of nitrogens with one attached hydrogen (secondary N) is 1. The molecule has 1 heterocycles. The molecule has 2 aromatic carbocycles. The lowest BCUT2D eigenvalue weighted by molar-refractivity contribution is 0.340. The Kier molecular flexibility index (Phi) is 5.53. The zero-order valence-corrected chi connectivity index (χ0v) is 15.6. The van der Waals surface area contributed by atoms with Gasteiger partial charge in [-0.15, -0.1) is 0 Å². The number of aromatic amines is 1. The zero-order valence-electron chi connectivity index (χ0n) is 13.2. The first-order chi connectivity index (χ1) is 12.1. The van der Waals surface area contributed by atoms with Gasteiger partial charge in [-0.2, -0.15) is 14.9 Å². The van der Waals surface area contributed by atoms with Crippen molar-refractivity contribution in [1.82, 2.24) is 14.9 Å². The van der Waals surface area contributed by atoms with Gasteiger partial charge in [0.2, 0.25) is 4.77 Å². The van der Waals surface area contributed by atoms with Gasteiger partial charge in [-0.25, -0.2) is 5.10 Å². The van der Waals surface area contributed by atoms with Gasteiger partial charge in [0.05, 0.1) is 17.8 Å². The van der Waals surface area contributed by atoms with Gasteiger partial charge in [0.1, 0.15) is 5.75 Å². The van der Waals surface area contributed by atoms with E-state index in [0.717, 1.165) is 11.3 Å². The van der Waals surface area contributed by atoms with Crippen molar-refractivity contribution in [2.75, 3.05) is 6.61 Å². The monoisotopic (exact) mass is 392 g/mol. The third-order valence-electron chi connectivity index (χ3n) is 3.34. The van der Waals surface area contributed by atoms with Crippen molar-refractivity contribution in [2.24, 2.45) is 5.10 Å². The number of aromatic nitrogens is 3. The Morgan fingerprint density at radius 3 is 2.68 bits per heavy atom. The van der Waals surface area contributed by atoms with Crippen molar-refractivity contribution < 1.29 is 4.74 Å². The molecule has 1 N–H and O–H groups in total. The average Bonchev–Trinajstić information content (AvgIpc) is 2.95. The number of benzene rings is 2. The smallest absolute Gasteiger partial charge is 0.216 e. The molecule has 0 amide bonds. The molecule has 0 aliphatic heterocycles. The normalized spacial score (nSPS) is 11.2. The van der Waals surface area contributed by atoms with E-state index in [1.54, 1.807) is 24.4 Å². The molecule has 0 aliphatic carbocycles. The number of hydrogen-bond donors (Lipinski definition) is 1. The summed E-state index contributed by atoms with van der Waals surface area (Å²) in [6, 6.07) is 12.8. The molecule has 0 radical (unpaired) electrons. The van der Waals surface area contributed by atoms with Crippen LogP contribution in [0, 0.1) is 4.77 Å². The van der Waals surface area contributed by atoms with E-state index in [-0.39, 0.29) is 0 Å². The molecule has 0 spiro atoms. The standard InChI is InChI=1S/C17H14Cl2N4OS/c1-2-24-13-6-3-11(4-7-13)10-20-23-16(21-22-17(23)25)14-8-5-12(18)9-15(14)19/h3-10H,2H2,1H3,(H,22,25). The lowest BCUT2D eigenvalue weighted by Gasteiger charge is -2.04. The molecule has 0 atom stereocenters. The number of H-pyrrole nitrogens is 1. The molecule has 128 valence electrons. The lowest BCUT2D eigenvalue weighted by Crippen LogP contribution is -1.96. The summed E-state index contributed by atoms with van der Waals surface area (Å²) < 4.78 is 7.30. The number of rotatable bonds is 5. The molecule has 25 heavy (non-hydrogen) atoms. The largest absolute Gasteiger partial charge is 0.494 e. The molecular weight excluding hydrogens is 379 g/mol. The fraction of sp³-hybridized carbons (Fsp3) is 0.118. The Hall–Kier alpha value is -2.15. The van der Waals surface area contributed by atoms with Crippen molar-refractivity contribution in [3.05, 3.63) is 62.8 Å². The second-order valence-corrected chi connectivity index (χ2v) is 6.27. The van der Waals surface area contributed by atoms with Crippen molar-refractivity contribution in [3.8, 4) is 17.1 Å². The van der Waals surface area contributed by atoms with Gasteiger partial charge < -0.3 is 4.74 Å². The number of ether oxygens (including phenoxy) is 1. The minimum atomic E-state index is 0.364. The van der Waals surface area contributed by atoms with Gasteiger partial charge in [-0.05, 0) is 67.2 Å². The minimum Gasteiger partial charge on any atom is -0.494 e. The van der Waals surface area contributed by atoms with Crippen LogP contribution in [0.4, 0.5) is 0 Å². The first-order valence-corrected chi connectivity index (χ1v) is 8.65. The SMILES string of the molecule is CCOc1ccc(C=Nn2c(-c3ccc(Cl)cc3Cl)n[nH]c2=S)cc1. The highest BCUT2D eigenvalue weighted by atomic mass is 35.5. The van der Waals surface area contributed by atoms with Gasteiger partial charge in [0.25, 0.3) is 0 Å². The summed E-state index contributed by atoms with van der Waals surface area (Å²) in [7, 11) is 0. The first-order valence-electron chi connectivity index (χ1n) is 7.48. The molecule has 0 fully saturated rings. The van der Waals surface area contributed by atoms with Crippen molar-refractivity contribution in [3.63, 3.8) is 0 Å². The molecule has 0 bridgehead atoms. The third kappa shape index (κ3) is 4.10. The van der Waals surface area contributed by atoms with Crippen LogP contribution in [0.3, 0.4) is 0 Å². The fourth-order valence-electron chi connectivity index (χ4n) is 2.19. The van der Waals surface area contributed by atoms with Gasteiger partial charge in [-0.1, -0.05) is 23.2 Å². The van der Waals surface area contributed by atoms with Crippen LogP contribution < -0.4 is 4.74 Å². The molecular formula is C17H14Cl2N4OS. The van der Waals surface area contributed by atoms with E-state index >= 15 is 0 Å². The number of hydrogen-bond acceptors (Lipinski definition) is 4. The highest BCUT2D eigenvalue weighted by molar-refractivity contribution is 7.71. The van der Waals surface area contributed by atoms with E-state index in [4.69, 9.17) is 40.2 Å². The Morgan fingerprint density at radius 1 is 1.24 bits per heavy atom. The quantitative estimate of drug-likeness (QED) is 0.479. The molecule has 0 saturated carbocycles. The van der Waals surface area contributed by atoms with Crippen LogP contribution in [0.1, 0.15) is 12.5 Å². The second-order valence-electron chi connectivity index (χ2n) is 5.03. The van der Waals surface area contributed by atoms with E-state index < -0.39 is 0 Å². The van der Waals surface area contributed by atoms with Gasteiger partial charge >= 0.3 is 0 Å². The number of nitrogens with zero attached hydrogens (tertiary/aromatic N) is 3. The topological polar surface area (TPSA) is 55.2 Å². The molecule has 5 nitrogen and oxygen atoms in total. The fourth-order valence-corrected chi connectivity index (χ4v) is 2.86. The van der Waals surface area contributed by atoms with Gasteiger partial charge in [-0.3, -0.25) is 0 Å². The molecule has 3 aromatic rings. The summed E-state index contributed by atoms with van der Waals surface area (Å²) in [5.41, 5.74) is 1.59. The highest BCUT2D eigenvalue weighted by Crippen LogP contribution is 2.29.